The Kier molecular flexibility index (Phi) is 14.9. The maximum absolute atomic E-state index is 8.15. The number of hydrogen-bond acceptors (Lipinski definition) is 3. The molecule has 0 radical (unpaired) electrons. The summed E-state index contributed by atoms with van der Waals surface area (Å²) < 4.78 is 6.43. The Morgan fingerprint density at radius 2 is 1.66 bits per heavy atom. The number of halogens is 1. The predicted octanol–water partition coefficient (Wildman–Crippen LogP) is 7.88. The molecule has 1 unspecified atom stereocenters. The van der Waals surface area contributed by atoms with Gasteiger partial charge in [0.25, 0.3) is 0 Å². The molecule has 38 heavy (non-hydrogen) atoms. The Bertz CT molecular complexity index is 1080. The largest absolute Gasteiger partial charge is 0.497 e. The quantitative estimate of drug-likeness (QED) is 0.0880. The third-order valence-corrected chi connectivity index (χ3v) is 6.66. The summed E-state index contributed by atoms with van der Waals surface area (Å²) in [6, 6.07) is 16.7. The molecular weight excluding hydrogens is 536 g/mol. The van der Waals surface area contributed by atoms with E-state index in [0.29, 0.717) is 6.54 Å². The molecule has 206 valence electrons. The highest BCUT2D eigenvalue weighted by Gasteiger charge is 2.17. The van der Waals surface area contributed by atoms with Gasteiger partial charge in [-0.2, -0.15) is 0 Å². The van der Waals surface area contributed by atoms with Gasteiger partial charge in [0.05, 0.1) is 7.11 Å². The lowest BCUT2D eigenvalue weighted by Crippen LogP contribution is -2.33. The SMILES string of the molecule is C=C.COc1ccc(C(Cc2ccc(Br)cc2)/C(C)=C/N(CCC/C=C\C(=C(C)C)N(C)C)C(=N)N)cc1. The summed E-state index contributed by atoms with van der Waals surface area (Å²) in [6.07, 6.45) is 9.09. The Balaban J connectivity index is 0.00000352. The van der Waals surface area contributed by atoms with Crippen LogP contribution in [0.4, 0.5) is 0 Å². The number of benzene rings is 2. The number of rotatable bonds is 12. The van der Waals surface area contributed by atoms with E-state index in [1.807, 2.05) is 23.2 Å². The second-order valence-corrected chi connectivity index (χ2v) is 10.3. The summed E-state index contributed by atoms with van der Waals surface area (Å²) >= 11 is 3.53. The first-order valence-corrected chi connectivity index (χ1v) is 13.6. The average molecular weight is 582 g/mol. The molecular formula is C32H45BrN4O. The molecule has 2 aromatic carbocycles. The molecule has 0 aliphatic heterocycles. The number of methoxy groups -OCH3 is 1. The third kappa shape index (κ3) is 11.0. The molecule has 0 amide bonds. The van der Waals surface area contributed by atoms with Crippen molar-refractivity contribution in [1.29, 1.82) is 5.41 Å². The molecule has 0 bridgehead atoms. The van der Waals surface area contributed by atoms with E-state index in [9.17, 15) is 0 Å². The topological polar surface area (TPSA) is 65.6 Å². The van der Waals surface area contributed by atoms with Gasteiger partial charge in [-0.25, -0.2) is 0 Å². The molecule has 2 aromatic rings. The van der Waals surface area contributed by atoms with Crippen LogP contribution in [0.25, 0.3) is 0 Å². The van der Waals surface area contributed by atoms with Gasteiger partial charge in [0, 0.05) is 42.9 Å². The van der Waals surface area contributed by atoms with Crippen LogP contribution in [0, 0.1) is 5.41 Å². The molecule has 0 aliphatic rings. The lowest BCUT2D eigenvalue weighted by Gasteiger charge is -2.24. The Morgan fingerprint density at radius 1 is 1.05 bits per heavy atom. The Hall–Kier alpha value is -3.25. The van der Waals surface area contributed by atoms with Crippen molar-refractivity contribution in [2.24, 2.45) is 5.73 Å². The van der Waals surface area contributed by atoms with Crippen LogP contribution in [0.5, 0.6) is 5.75 Å². The Morgan fingerprint density at radius 3 is 2.16 bits per heavy atom. The fourth-order valence-electron chi connectivity index (χ4n) is 4.16. The minimum atomic E-state index is 0.0636. The Labute approximate surface area is 239 Å². The number of unbranched alkanes of at least 4 members (excludes halogenated alkanes) is 1. The predicted molar refractivity (Wildman–Crippen MR) is 168 cm³/mol. The van der Waals surface area contributed by atoms with E-state index in [1.54, 1.807) is 7.11 Å². The van der Waals surface area contributed by atoms with Crippen LogP contribution in [-0.2, 0) is 6.42 Å². The van der Waals surface area contributed by atoms with Gasteiger partial charge in [-0.05, 0) is 87.1 Å². The van der Waals surface area contributed by atoms with E-state index >= 15 is 0 Å². The first kappa shape index (κ1) is 32.8. The van der Waals surface area contributed by atoms with Gasteiger partial charge in [-0.1, -0.05) is 51.8 Å². The monoisotopic (exact) mass is 580 g/mol. The second-order valence-electron chi connectivity index (χ2n) is 9.43. The van der Waals surface area contributed by atoms with Crippen LogP contribution < -0.4 is 10.5 Å². The molecule has 0 saturated heterocycles. The molecule has 0 heterocycles. The number of allylic oxidation sites excluding steroid dienone is 4. The fourth-order valence-corrected chi connectivity index (χ4v) is 4.43. The van der Waals surface area contributed by atoms with Crippen LogP contribution in [-0.4, -0.2) is 43.5 Å². The van der Waals surface area contributed by atoms with E-state index in [2.05, 4.69) is 117 Å². The van der Waals surface area contributed by atoms with Gasteiger partial charge in [0.2, 0.25) is 0 Å². The molecule has 0 spiro atoms. The molecule has 0 saturated carbocycles. The van der Waals surface area contributed by atoms with Crippen molar-refractivity contribution >= 4 is 21.9 Å². The van der Waals surface area contributed by atoms with E-state index in [0.717, 1.165) is 35.1 Å². The zero-order chi connectivity index (χ0) is 28.7. The molecule has 3 N–H and O–H groups in total. The zero-order valence-corrected chi connectivity index (χ0v) is 25.5. The lowest BCUT2D eigenvalue weighted by molar-refractivity contribution is 0.414. The first-order chi connectivity index (χ1) is 18.1. The molecule has 6 heteroatoms. The van der Waals surface area contributed by atoms with Crippen LogP contribution >= 0.6 is 15.9 Å². The van der Waals surface area contributed by atoms with Crippen molar-refractivity contribution in [2.45, 2.75) is 46.0 Å². The second kappa shape index (κ2) is 17.3. The van der Waals surface area contributed by atoms with E-state index in [1.165, 1.54) is 22.4 Å². The van der Waals surface area contributed by atoms with E-state index < -0.39 is 0 Å². The summed E-state index contributed by atoms with van der Waals surface area (Å²) in [7, 11) is 5.80. The lowest BCUT2D eigenvalue weighted by atomic mass is 9.86. The van der Waals surface area contributed by atoms with Gasteiger partial charge in [0.15, 0.2) is 5.96 Å². The first-order valence-electron chi connectivity index (χ1n) is 12.8. The van der Waals surface area contributed by atoms with Crippen LogP contribution in [0.1, 0.15) is 50.7 Å². The molecule has 2 rings (SSSR count). The zero-order valence-electron chi connectivity index (χ0n) is 23.9. The number of nitrogens with two attached hydrogens (primary N) is 1. The molecule has 5 nitrogen and oxygen atoms in total. The normalized spacial score (nSPS) is 11.8. The molecule has 0 fully saturated rings. The van der Waals surface area contributed by atoms with E-state index in [4.69, 9.17) is 15.9 Å². The number of likely N-dealkylation sites (N-methyl/N-ethyl adjacent to an activating group) is 1. The minimum Gasteiger partial charge on any atom is -0.497 e. The van der Waals surface area contributed by atoms with Crippen molar-refractivity contribution in [3.8, 4) is 5.75 Å². The highest BCUT2D eigenvalue weighted by Crippen LogP contribution is 2.30. The summed E-state index contributed by atoms with van der Waals surface area (Å²) in [6.45, 7) is 13.1. The van der Waals surface area contributed by atoms with Crippen molar-refractivity contribution in [1.82, 2.24) is 9.80 Å². The summed E-state index contributed by atoms with van der Waals surface area (Å²) in [5, 5.41) is 8.15. The van der Waals surface area contributed by atoms with Gasteiger partial charge in [-0.3, -0.25) is 5.41 Å². The number of nitrogens with zero attached hydrogens (tertiary/aromatic N) is 2. The van der Waals surface area contributed by atoms with Crippen molar-refractivity contribution in [3.05, 3.63) is 112 Å². The number of guanidine groups is 1. The standard InChI is InChI=1S/C30H41BrN4O.C2H4/c1-22(2)29(34(4)5)10-8-7-9-19-35(30(32)33)21-23(3)28(20-24-11-15-26(31)16-12-24)25-13-17-27(36-6)18-14-25;1-2/h8,10-18,21,28H,7,9,19-20H2,1-6H3,(H3,32,33);1-2H2/b10-8-,23-21+;. The molecule has 0 aliphatic carbocycles. The van der Waals surface area contributed by atoms with Gasteiger partial charge >= 0.3 is 0 Å². The van der Waals surface area contributed by atoms with Crippen molar-refractivity contribution < 1.29 is 4.74 Å². The smallest absolute Gasteiger partial charge is 0.192 e. The number of hydrogen-bond donors (Lipinski definition) is 2. The summed E-state index contributed by atoms with van der Waals surface area (Å²) in [4.78, 5) is 3.99. The highest BCUT2D eigenvalue weighted by molar-refractivity contribution is 9.10. The summed E-state index contributed by atoms with van der Waals surface area (Å²) in [5.41, 5.74) is 12.1. The molecule has 1 atom stereocenters. The van der Waals surface area contributed by atoms with Crippen LogP contribution in [0.15, 0.2) is 101 Å². The maximum Gasteiger partial charge on any atom is 0.192 e. The minimum absolute atomic E-state index is 0.0636. The van der Waals surface area contributed by atoms with Crippen LogP contribution in [0.2, 0.25) is 0 Å². The van der Waals surface area contributed by atoms with Gasteiger partial charge in [-0.15, -0.1) is 13.2 Å². The van der Waals surface area contributed by atoms with Gasteiger partial charge in [0.1, 0.15) is 5.75 Å². The average Bonchev–Trinajstić information content (AvgIpc) is 2.90. The number of ether oxygens (including phenoxy) is 1. The number of nitrogens with one attached hydrogen (secondary N) is 1. The summed E-state index contributed by atoms with van der Waals surface area (Å²) in [5.74, 6) is 1.06. The fraction of sp³-hybridized carbons (Fsp3) is 0.344. The van der Waals surface area contributed by atoms with Crippen molar-refractivity contribution in [3.63, 3.8) is 0 Å². The third-order valence-electron chi connectivity index (χ3n) is 6.13. The van der Waals surface area contributed by atoms with Crippen LogP contribution in [0.3, 0.4) is 0 Å². The van der Waals surface area contributed by atoms with Crippen molar-refractivity contribution in [2.75, 3.05) is 27.7 Å². The maximum atomic E-state index is 8.15. The highest BCUT2D eigenvalue weighted by atomic mass is 79.9. The van der Waals surface area contributed by atoms with Gasteiger partial charge < -0.3 is 20.3 Å². The van der Waals surface area contributed by atoms with E-state index in [-0.39, 0.29) is 11.9 Å². The molecule has 0 aromatic heterocycles.